The van der Waals surface area contributed by atoms with E-state index in [1.807, 2.05) is 38.1 Å². The van der Waals surface area contributed by atoms with E-state index in [1.54, 1.807) is 0 Å². The number of hydrogen-bond acceptors (Lipinski definition) is 3. The van der Waals surface area contributed by atoms with Crippen LogP contribution in [0.2, 0.25) is 0 Å². The second-order valence-electron chi connectivity index (χ2n) is 3.94. The summed E-state index contributed by atoms with van der Waals surface area (Å²) in [6, 6.07) is 7.86. The minimum atomic E-state index is -0.139. The van der Waals surface area contributed by atoms with Crippen LogP contribution in [-0.4, -0.2) is 19.2 Å². The van der Waals surface area contributed by atoms with Crippen LogP contribution in [0.1, 0.15) is 31.7 Å². The van der Waals surface area contributed by atoms with E-state index in [9.17, 15) is 4.79 Å². The lowest BCUT2D eigenvalue weighted by Gasteiger charge is -2.08. The molecule has 0 N–H and O–H groups in total. The highest BCUT2D eigenvalue weighted by molar-refractivity contribution is 5.69. The zero-order valence-corrected chi connectivity index (χ0v) is 10.6. The van der Waals surface area contributed by atoms with E-state index in [1.165, 1.54) is 0 Å². The number of benzene rings is 1. The van der Waals surface area contributed by atoms with Crippen LogP contribution in [0, 0.1) is 6.92 Å². The van der Waals surface area contributed by atoms with E-state index in [0.717, 1.165) is 17.7 Å². The van der Waals surface area contributed by atoms with Crippen LogP contribution >= 0.6 is 0 Å². The summed E-state index contributed by atoms with van der Waals surface area (Å²) in [6.07, 6.45) is 1.98. The SMILES string of the molecule is CCCOC(=O)CCCOc1ccccc1C. The highest BCUT2D eigenvalue weighted by Crippen LogP contribution is 2.16. The van der Waals surface area contributed by atoms with E-state index >= 15 is 0 Å². The van der Waals surface area contributed by atoms with E-state index in [4.69, 9.17) is 9.47 Å². The Morgan fingerprint density at radius 2 is 2.00 bits per heavy atom. The van der Waals surface area contributed by atoms with Crippen LogP contribution in [0.4, 0.5) is 0 Å². The van der Waals surface area contributed by atoms with Gasteiger partial charge in [0.05, 0.1) is 13.2 Å². The molecule has 0 radical (unpaired) electrons. The second-order valence-corrected chi connectivity index (χ2v) is 3.94. The van der Waals surface area contributed by atoms with E-state index in [2.05, 4.69) is 0 Å². The highest BCUT2D eigenvalue weighted by Gasteiger charge is 2.02. The molecular weight excluding hydrogens is 216 g/mol. The Labute approximate surface area is 103 Å². The summed E-state index contributed by atoms with van der Waals surface area (Å²) >= 11 is 0. The van der Waals surface area contributed by atoms with Crippen LogP contribution in [0.25, 0.3) is 0 Å². The zero-order valence-electron chi connectivity index (χ0n) is 10.6. The van der Waals surface area contributed by atoms with Crippen molar-refractivity contribution in [2.24, 2.45) is 0 Å². The standard InChI is InChI=1S/C14H20O3/c1-3-10-17-14(15)9-6-11-16-13-8-5-4-7-12(13)2/h4-5,7-8H,3,6,9-11H2,1-2H3. The van der Waals surface area contributed by atoms with Gasteiger partial charge in [-0.3, -0.25) is 4.79 Å². The third-order valence-corrected chi connectivity index (χ3v) is 2.34. The molecular formula is C14H20O3. The van der Waals surface area contributed by atoms with Crippen molar-refractivity contribution in [1.29, 1.82) is 0 Å². The number of rotatable bonds is 7. The van der Waals surface area contributed by atoms with Gasteiger partial charge in [-0.15, -0.1) is 0 Å². The van der Waals surface area contributed by atoms with Crippen molar-refractivity contribution in [2.75, 3.05) is 13.2 Å². The molecule has 0 unspecified atom stereocenters. The molecule has 0 aliphatic heterocycles. The van der Waals surface area contributed by atoms with Gasteiger partial charge >= 0.3 is 5.97 Å². The average molecular weight is 236 g/mol. The lowest BCUT2D eigenvalue weighted by Crippen LogP contribution is -2.07. The first-order chi connectivity index (χ1) is 8.24. The largest absolute Gasteiger partial charge is 0.493 e. The van der Waals surface area contributed by atoms with E-state index in [0.29, 0.717) is 26.1 Å². The van der Waals surface area contributed by atoms with E-state index < -0.39 is 0 Å². The molecule has 0 aromatic heterocycles. The molecule has 94 valence electrons. The van der Waals surface area contributed by atoms with Crippen LogP contribution in [-0.2, 0) is 9.53 Å². The summed E-state index contributed by atoms with van der Waals surface area (Å²) in [4.78, 5) is 11.2. The molecule has 0 spiro atoms. The number of esters is 1. The Kier molecular flexibility index (Phi) is 6.15. The van der Waals surface area contributed by atoms with Crippen molar-refractivity contribution in [1.82, 2.24) is 0 Å². The van der Waals surface area contributed by atoms with Gasteiger partial charge in [-0.05, 0) is 31.4 Å². The van der Waals surface area contributed by atoms with Crippen molar-refractivity contribution >= 4 is 5.97 Å². The van der Waals surface area contributed by atoms with Crippen molar-refractivity contribution in [3.8, 4) is 5.75 Å². The third-order valence-electron chi connectivity index (χ3n) is 2.34. The maximum Gasteiger partial charge on any atom is 0.305 e. The van der Waals surface area contributed by atoms with Gasteiger partial charge in [0.1, 0.15) is 5.75 Å². The smallest absolute Gasteiger partial charge is 0.305 e. The quantitative estimate of drug-likeness (QED) is 0.539. The number of carbonyl (C=O) groups is 1. The summed E-state index contributed by atoms with van der Waals surface area (Å²) in [5, 5.41) is 0. The van der Waals surface area contributed by atoms with Crippen LogP contribution in [0.5, 0.6) is 5.75 Å². The van der Waals surface area contributed by atoms with Crippen LogP contribution < -0.4 is 4.74 Å². The van der Waals surface area contributed by atoms with Crippen molar-refractivity contribution in [3.05, 3.63) is 29.8 Å². The molecule has 0 heterocycles. The summed E-state index contributed by atoms with van der Waals surface area (Å²) in [5.41, 5.74) is 1.11. The predicted molar refractivity (Wildman–Crippen MR) is 67.2 cm³/mol. The van der Waals surface area contributed by atoms with Crippen LogP contribution in [0.3, 0.4) is 0 Å². The summed E-state index contributed by atoms with van der Waals surface area (Å²) < 4.78 is 10.6. The lowest BCUT2D eigenvalue weighted by molar-refractivity contribution is -0.143. The zero-order chi connectivity index (χ0) is 12.5. The van der Waals surface area contributed by atoms with Crippen molar-refractivity contribution in [3.63, 3.8) is 0 Å². The maximum atomic E-state index is 11.2. The van der Waals surface area contributed by atoms with Gasteiger partial charge in [-0.2, -0.15) is 0 Å². The topological polar surface area (TPSA) is 35.5 Å². The number of hydrogen-bond donors (Lipinski definition) is 0. The van der Waals surface area contributed by atoms with Crippen molar-refractivity contribution < 1.29 is 14.3 Å². The molecule has 0 aliphatic rings. The first-order valence-electron chi connectivity index (χ1n) is 6.08. The first-order valence-corrected chi connectivity index (χ1v) is 6.08. The molecule has 0 bridgehead atoms. The fourth-order valence-corrected chi connectivity index (χ4v) is 1.41. The first kappa shape index (κ1) is 13.6. The lowest BCUT2D eigenvalue weighted by atomic mass is 10.2. The number of aryl methyl sites for hydroxylation is 1. The highest BCUT2D eigenvalue weighted by atomic mass is 16.5. The van der Waals surface area contributed by atoms with Gasteiger partial charge in [0, 0.05) is 6.42 Å². The third kappa shape index (κ3) is 5.38. The minimum absolute atomic E-state index is 0.139. The molecule has 0 saturated heterocycles. The second kappa shape index (κ2) is 7.71. The molecule has 0 fully saturated rings. The molecule has 3 heteroatoms. The Bertz CT molecular complexity index is 347. The van der Waals surface area contributed by atoms with Gasteiger partial charge in [0.2, 0.25) is 0 Å². The summed E-state index contributed by atoms with van der Waals surface area (Å²) in [5.74, 6) is 0.745. The Hall–Kier alpha value is -1.51. The Balaban J connectivity index is 2.16. The molecule has 0 atom stereocenters. The van der Waals surface area contributed by atoms with E-state index in [-0.39, 0.29) is 5.97 Å². The van der Waals surface area contributed by atoms with Gasteiger partial charge < -0.3 is 9.47 Å². The molecule has 17 heavy (non-hydrogen) atoms. The molecule has 0 aliphatic carbocycles. The van der Waals surface area contributed by atoms with Crippen LogP contribution in [0.15, 0.2) is 24.3 Å². The maximum absolute atomic E-state index is 11.2. The Morgan fingerprint density at radius 3 is 2.71 bits per heavy atom. The fraction of sp³-hybridized carbons (Fsp3) is 0.500. The number of carbonyl (C=O) groups excluding carboxylic acids is 1. The van der Waals surface area contributed by atoms with Gasteiger partial charge in [-0.25, -0.2) is 0 Å². The van der Waals surface area contributed by atoms with Crippen molar-refractivity contribution in [2.45, 2.75) is 33.1 Å². The van der Waals surface area contributed by atoms with Gasteiger partial charge in [0.15, 0.2) is 0 Å². The van der Waals surface area contributed by atoms with Gasteiger partial charge in [0.25, 0.3) is 0 Å². The molecule has 1 aromatic carbocycles. The summed E-state index contributed by atoms with van der Waals surface area (Å²) in [7, 11) is 0. The predicted octanol–water partition coefficient (Wildman–Crippen LogP) is 3.11. The summed E-state index contributed by atoms with van der Waals surface area (Å²) in [6.45, 7) is 5.04. The molecule has 1 rings (SSSR count). The molecule has 1 aromatic rings. The minimum Gasteiger partial charge on any atom is -0.493 e. The monoisotopic (exact) mass is 236 g/mol. The average Bonchev–Trinajstić information content (AvgIpc) is 2.34. The van der Waals surface area contributed by atoms with Gasteiger partial charge in [-0.1, -0.05) is 25.1 Å². The number of para-hydroxylation sites is 1. The molecule has 0 amide bonds. The molecule has 3 nitrogen and oxygen atoms in total. The number of ether oxygens (including phenoxy) is 2. The fourth-order valence-electron chi connectivity index (χ4n) is 1.41. The Morgan fingerprint density at radius 1 is 1.24 bits per heavy atom. The normalized spacial score (nSPS) is 10.0. The molecule has 0 saturated carbocycles.